The summed E-state index contributed by atoms with van der Waals surface area (Å²) in [5.74, 6) is -1.25. The van der Waals surface area contributed by atoms with Crippen molar-refractivity contribution in [3.8, 4) is 0 Å². The first-order chi connectivity index (χ1) is 8.51. The van der Waals surface area contributed by atoms with Crippen LogP contribution in [0.2, 0.25) is 0 Å². The first-order valence-electron chi connectivity index (χ1n) is 6.72. The van der Waals surface area contributed by atoms with Crippen molar-refractivity contribution in [1.82, 2.24) is 4.90 Å². The molecule has 5 heteroatoms. The third-order valence-corrected chi connectivity index (χ3v) is 3.60. The molecular formula is C13H23NO4. The standard InChI is InChI=1S/C13H23NO4/c1-3-5-6-9(4-2)12(16)14-8-10(15)7-11(14)13(17)18/h9-11,15H,3-8H2,1-2H3,(H,17,18)/t9?,10-,11-/m1/s1. The van der Waals surface area contributed by atoms with E-state index < -0.39 is 18.1 Å². The number of carboxylic acid groups (broad SMARTS) is 1. The van der Waals surface area contributed by atoms with Gasteiger partial charge in [0.1, 0.15) is 6.04 Å². The Balaban J connectivity index is 2.70. The second-order valence-electron chi connectivity index (χ2n) is 4.98. The number of aliphatic carboxylic acids is 1. The van der Waals surface area contributed by atoms with Gasteiger partial charge in [-0.1, -0.05) is 26.7 Å². The predicted octanol–water partition coefficient (Wildman–Crippen LogP) is 1.25. The summed E-state index contributed by atoms with van der Waals surface area (Å²) < 4.78 is 0. The zero-order valence-electron chi connectivity index (χ0n) is 11.1. The van der Waals surface area contributed by atoms with Gasteiger partial charge in [0, 0.05) is 18.9 Å². The maximum atomic E-state index is 12.3. The normalized spacial score (nSPS) is 25.2. The van der Waals surface area contributed by atoms with E-state index >= 15 is 0 Å². The Bertz CT molecular complexity index is 305. The third kappa shape index (κ3) is 3.45. The number of carbonyl (C=O) groups is 2. The molecule has 1 amide bonds. The van der Waals surface area contributed by atoms with Gasteiger partial charge in [0.2, 0.25) is 5.91 Å². The van der Waals surface area contributed by atoms with Crippen LogP contribution in [-0.2, 0) is 9.59 Å². The lowest BCUT2D eigenvalue weighted by Crippen LogP contribution is -2.43. The van der Waals surface area contributed by atoms with Gasteiger partial charge in [-0.3, -0.25) is 4.79 Å². The second-order valence-corrected chi connectivity index (χ2v) is 4.98. The Hall–Kier alpha value is -1.10. The summed E-state index contributed by atoms with van der Waals surface area (Å²) in [4.78, 5) is 24.7. The number of hydrogen-bond acceptors (Lipinski definition) is 3. The van der Waals surface area contributed by atoms with Gasteiger partial charge in [-0.25, -0.2) is 4.79 Å². The molecule has 1 heterocycles. The summed E-state index contributed by atoms with van der Waals surface area (Å²) in [6.07, 6.45) is 2.94. The Morgan fingerprint density at radius 2 is 2.06 bits per heavy atom. The number of unbranched alkanes of at least 4 members (excludes halogenated alkanes) is 1. The van der Waals surface area contributed by atoms with Gasteiger partial charge in [-0.05, 0) is 12.8 Å². The number of rotatable bonds is 6. The molecule has 5 nitrogen and oxygen atoms in total. The summed E-state index contributed by atoms with van der Waals surface area (Å²) in [6, 6.07) is -0.858. The smallest absolute Gasteiger partial charge is 0.326 e. The minimum absolute atomic E-state index is 0.114. The molecule has 0 bridgehead atoms. The van der Waals surface area contributed by atoms with E-state index in [2.05, 4.69) is 6.92 Å². The molecule has 104 valence electrons. The molecule has 18 heavy (non-hydrogen) atoms. The first kappa shape index (κ1) is 15.0. The molecule has 0 radical (unpaired) electrons. The van der Waals surface area contributed by atoms with Crippen LogP contribution in [0.15, 0.2) is 0 Å². The highest BCUT2D eigenvalue weighted by Crippen LogP contribution is 2.24. The van der Waals surface area contributed by atoms with Crippen LogP contribution in [-0.4, -0.2) is 45.7 Å². The number of nitrogens with zero attached hydrogens (tertiary/aromatic N) is 1. The first-order valence-corrected chi connectivity index (χ1v) is 6.72. The van der Waals surface area contributed by atoms with Crippen molar-refractivity contribution in [3.05, 3.63) is 0 Å². The van der Waals surface area contributed by atoms with Gasteiger partial charge < -0.3 is 15.1 Å². The molecule has 0 spiro atoms. The molecule has 1 rings (SSSR count). The van der Waals surface area contributed by atoms with Crippen LogP contribution in [0.5, 0.6) is 0 Å². The van der Waals surface area contributed by atoms with Crippen LogP contribution in [0.4, 0.5) is 0 Å². The van der Waals surface area contributed by atoms with Crippen LogP contribution >= 0.6 is 0 Å². The molecule has 3 atom stereocenters. The number of aliphatic hydroxyl groups excluding tert-OH is 1. The highest BCUT2D eigenvalue weighted by atomic mass is 16.4. The zero-order chi connectivity index (χ0) is 13.7. The quantitative estimate of drug-likeness (QED) is 0.750. The summed E-state index contributed by atoms with van der Waals surface area (Å²) in [7, 11) is 0. The number of aliphatic hydroxyl groups is 1. The van der Waals surface area contributed by atoms with E-state index in [1.54, 1.807) is 0 Å². The molecule has 0 aliphatic carbocycles. The van der Waals surface area contributed by atoms with Gasteiger partial charge in [0.05, 0.1) is 6.10 Å². The Morgan fingerprint density at radius 1 is 1.39 bits per heavy atom. The lowest BCUT2D eigenvalue weighted by Gasteiger charge is -2.26. The van der Waals surface area contributed by atoms with Crippen molar-refractivity contribution < 1.29 is 19.8 Å². The van der Waals surface area contributed by atoms with Gasteiger partial charge in [-0.15, -0.1) is 0 Å². The highest BCUT2D eigenvalue weighted by Gasteiger charge is 2.40. The summed E-state index contributed by atoms with van der Waals surface area (Å²) in [5.41, 5.74) is 0. The van der Waals surface area contributed by atoms with E-state index in [-0.39, 0.29) is 24.8 Å². The monoisotopic (exact) mass is 257 g/mol. The van der Waals surface area contributed by atoms with E-state index in [1.165, 1.54) is 4.90 Å². The van der Waals surface area contributed by atoms with Crippen LogP contribution in [0, 0.1) is 5.92 Å². The molecule has 1 fully saturated rings. The molecule has 0 aromatic heterocycles. The van der Waals surface area contributed by atoms with E-state index in [0.29, 0.717) is 0 Å². The van der Waals surface area contributed by atoms with E-state index in [4.69, 9.17) is 5.11 Å². The van der Waals surface area contributed by atoms with Crippen LogP contribution in [0.1, 0.15) is 46.0 Å². The molecule has 1 aliphatic rings. The van der Waals surface area contributed by atoms with Gasteiger partial charge in [-0.2, -0.15) is 0 Å². The maximum Gasteiger partial charge on any atom is 0.326 e. The molecule has 0 saturated carbocycles. The zero-order valence-corrected chi connectivity index (χ0v) is 11.1. The van der Waals surface area contributed by atoms with Crippen molar-refractivity contribution in [3.63, 3.8) is 0 Å². The van der Waals surface area contributed by atoms with Gasteiger partial charge in [0.25, 0.3) is 0 Å². The van der Waals surface area contributed by atoms with E-state index in [9.17, 15) is 14.7 Å². The number of likely N-dealkylation sites (tertiary alicyclic amines) is 1. The molecule has 1 aliphatic heterocycles. The van der Waals surface area contributed by atoms with Crippen molar-refractivity contribution in [2.75, 3.05) is 6.54 Å². The number of amides is 1. The average molecular weight is 257 g/mol. The van der Waals surface area contributed by atoms with E-state index in [1.807, 2.05) is 6.92 Å². The minimum atomic E-state index is -1.02. The molecular weight excluding hydrogens is 234 g/mol. The van der Waals surface area contributed by atoms with Crippen molar-refractivity contribution in [2.24, 2.45) is 5.92 Å². The molecule has 1 saturated heterocycles. The molecule has 0 aromatic carbocycles. The maximum absolute atomic E-state index is 12.3. The lowest BCUT2D eigenvalue weighted by atomic mass is 9.97. The molecule has 2 N–H and O–H groups in total. The van der Waals surface area contributed by atoms with Crippen molar-refractivity contribution in [1.29, 1.82) is 0 Å². The number of carbonyl (C=O) groups excluding carboxylic acids is 1. The largest absolute Gasteiger partial charge is 0.480 e. The number of carboxylic acids is 1. The van der Waals surface area contributed by atoms with Gasteiger partial charge in [0.15, 0.2) is 0 Å². The minimum Gasteiger partial charge on any atom is -0.480 e. The predicted molar refractivity (Wildman–Crippen MR) is 67.1 cm³/mol. The highest BCUT2D eigenvalue weighted by molar-refractivity contribution is 5.85. The van der Waals surface area contributed by atoms with Crippen LogP contribution in [0.3, 0.4) is 0 Å². The fourth-order valence-electron chi connectivity index (χ4n) is 2.48. The van der Waals surface area contributed by atoms with E-state index in [0.717, 1.165) is 25.7 Å². The fourth-order valence-corrected chi connectivity index (χ4v) is 2.48. The Kier molecular flexibility index (Phi) is 5.59. The fraction of sp³-hybridized carbons (Fsp3) is 0.846. The van der Waals surface area contributed by atoms with Crippen LogP contribution < -0.4 is 0 Å². The van der Waals surface area contributed by atoms with Crippen LogP contribution in [0.25, 0.3) is 0 Å². The third-order valence-electron chi connectivity index (χ3n) is 3.60. The Morgan fingerprint density at radius 3 is 2.56 bits per heavy atom. The Labute approximate surface area is 108 Å². The van der Waals surface area contributed by atoms with Gasteiger partial charge >= 0.3 is 5.97 Å². The lowest BCUT2D eigenvalue weighted by molar-refractivity contribution is -0.150. The number of hydrogen-bond donors (Lipinski definition) is 2. The average Bonchev–Trinajstić information content (AvgIpc) is 2.72. The topological polar surface area (TPSA) is 77.8 Å². The summed E-state index contributed by atoms with van der Waals surface area (Å²) in [5, 5.41) is 18.6. The molecule has 1 unspecified atom stereocenters. The van der Waals surface area contributed by atoms with Crippen molar-refractivity contribution in [2.45, 2.75) is 58.1 Å². The summed E-state index contributed by atoms with van der Waals surface area (Å²) >= 11 is 0. The second kappa shape index (κ2) is 6.73. The summed E-state index contributed by atoms with van der Waals surface area (Å²) in [6.45, 7) is 4.16. The van der Waals surface area contributed by atoms with Crippen molar-refractivity contribution >= 4 is 11.9 Å². The number of β-amino-alcohol motifs (C(OH)–C–C–N with tert-alkyl or cyclic N) is 1. The molecule has 0 aromatic rings. The SMILES string of the molecule is CCCCC(CC)C(=O)N1C[C@H](O)C[C@@H]1C(=O)O.